The Morgan fingerprint density at radius 1 is 1.20 bits per heavy atom. The third kappa shape index (κ3) is 3.79. The van der Waals surface area contributed by atoms with Crippen molar-refractivity contribution >= 4 is 5.97 Å². The number of aromatic nitrogens is 2. The molecule has 2 aromatic carbocycles. The molecule has 0 saturated carbocycles. The number of nitrogens with zero attached hydrogens (tertiary/aromatic N) is 2. The van der Waals surface area contributed by atoms with Crippen LogP contribution in [0.5, 0.6) is 5.75 Å². The van der Waals surface area contributed by atoms with Crippen molar-refractivity contribution in [2.45, 2.75) is 6.61 Å². The molecule has 0 spiro atoms. The molecule has 8 heteroatoms. The number of ether oxygens (including phenoxy) is 2. The van der Waals surface area contributed by atoms with Crippen molar-refractivity contribution in [1.29, 1.82) is 0 Å². The molecule has 1 aromatic heterocycles. The molecular formula is C17H12F2N2O4. The third-order valence-corrected chi connectivity index (χ3v) is 3.27. The van der Waals surface area contributed by atoms with Crippen molar-refractivity contribution in [2.24, 2.45) is 0 Å². The van der Waals surface area contributed by atoms with Gasteiger partial charge in [-0.1, -0.05) is 17.3 Å². The molecule has 1 heterocycles. The Balaban J connectivity index is 1.66. The van der Waals surface area contributed by atoms with Gasteiger partial charge in [0, 0.05) is 5.56 Å². The average molecular weight is 346 g/mol. The molecule has 0 N–H and O–H groups in total. The van der Waals surface area contributed by atoms with Crippen LogP contribution in [0.15, 0.2) is 47.0 Å². The topological polar surface area (TPSA) is 74.5 Å². The Hall–Kier alpha value is -3.29. The minimum Gasteiger partial charge on any atom is -0.494 e. The second-order valence-electron chi connectivity index (χ2n) is 4.95. The van der Waals surface area contributed by atoms with Gasteiger partial charge in [0.1, 0.15) is 5.82 Å². The van der Waals surface area contributed by atoms with E-state index in [9.17, 15) is 13.6 Å². The smallest absolute Gasteiger partial charge is 0.338 e. The van der Waals surface area contributed by atoms with Gasteiger partial charge in [-0.2, -0.15) is 4.98 Å². The number of hydrogen-bond donors (Lipinski definition) is 0. The predicted octanol–water partition coefficient (Wildman–Crippen LogP) is 3.38. The molecule has 0 atom stereocenters. The van der Waals surface area contributed by atoms with E-state index in [-0.39, 0.29) is 29.6 Å². The first-order valence-electron chi connectivity index (χ1n) is 7.16. The highest BCUT2D eigenvalue weighted by atomic mass is 19.1. The molecule has 3 aromatic rings. The van der Waals surface area contributed by atoms with Gasteiger partial charge in [-0.05, 0) is 30.3 Å². The van der Waals surface area contributed by atoms with Crippen molar-refractivity contribution in [3.05, 3.63) is 65.6 Å². The first-order chi connectivity index (χ1) is 12.1. The number of halogens is 2. The quantitative estimate of drug-likeness (QED) is 0.659. The van der Waals surface area contributed by atoms with Crippen LogP contribution in [0, 0.1) is 11.6 Å². The number of hydrogen-bond acceptors (Lipinski definition) is 6. The number of esters is 1. The molecule has 6 nitrogen and oxygen atoms in total. The molecule has 25 heavy (non-hydrogen) atoms. The number of carbonyl (C=O) groups excluding carboxylic acids is 1. The first-order valence-corrected chi connectivity index (χ1v) is 7.16. The fourth-order valence-electron chi connectivity index (χ4n) is 2.06. The van der Waals surface area contributed by atoms with Gasteiger partial charge in [-0.25, -0.2) is 13.6 Å². The van der Waals surface area contributed by atoms with E-state index in [1.165, 1.54) is 37.4 Å². The van der Waals surface area contributed by atoms with Gasteiger partial charge in [0.05, 0.1) is 12.7 Å². The summed E-state index contributed by atoms with van der Waals surface area (Å²) in [5.74, 6) is -1.65. The van der Waals surface area contributed by atoms with Crippen molar-refractivity contribution in [3.8, 4) is 17.1 Å². The van der Waals surface area contributed by atoms with Crippen LogP contribution < -0.4 is 4.74 Å². The summed E-state index contributed by atoms with van der Waals surface area (Å²) in [6.45, 7) is -0.297. The molecule has 0 amide bonds. The molecule has 3 rings (SSSR count). The summed E-state index contributed by atoms with van der Waals surface area (Å²) < 4.78 is 41.5. The van der Waals surface area contributed by atoms with Gasteiger partial charge < -0.3 is 14.0 Å². The monoisotopic (exact) mass is 346 g/mol. The van der Waals surface area contributed by atoms with Crippen LogP contribution in [0.4, 0.5) is 8.78 Å². The summed E-state index contributed by atoms with van der Waals surface area (Å²) in [7, 11) is 1.32. The Kier molecular flexibility index (Phi) is 4.69. The molecule has 128 valence electrons. The highest BCUT2D eigenvalue weighted by Crippen LogP contribution is 2.19. The van der Waals surface area contributed by atoms with Gasteiger partial charge in [0.25, 0.3) is 5.89 Å². The minimum absolute atomic E-state index is 0.0168. The molecule has 0 saturated heterocycles. The fraction of sp³-hybridized carbons (Fsp3) is 0.118. The molecule has 0 fully saturated rings. The Labute approximate surface area is 141 Å². The molecular weight excluding hydrogens is 334 g/mol. The largest absolute Gasteiger partial charge is 0.494 e. The third-order valence-electron chi connectivity index (χ3n) is 3.27. The van der Waals surface area contributed by atoms with Crippen LogP contribution in [-0.4, -0.2) is 23.2 Å². The zero-order chi connectivity index (χ0) is 17.8. The Bertz CT molecular complexity index is 911. The fourth-order valence-corrected chi connectivity index (χ4v) is 2.06. The van der Waals surface area contributed by atoms with E-state index in [4.69, 9.17) is 14.0 Å². The zero-order valence-electron chi connectivity index (χ0n) is 13.0. The SMILES string of the molecule is COc1ccc(C(=O)OCc2nc(-c3cccc(F)c3)no2)cc1F. The summed E-state index contributed by atoms with van der Waals surface area (Å²) in [6.07, 6.45) is 0. The molecule has 0 unspecified atom stereocenters. The maximum Gasteiger partial charge on any atom is 0.338 e. The zero-order valence-corrected chi connectivity index (χ0v) is 13.0. The van der Waals surface area contributed by atoms with Crippen LogP contribution in [0.3, 0.4) is 0 Å². The lowest BCUT2D eigenvalue weighted by Gasteiger charge is -2.04. The maximum atomic E-state index is 13.6. The summed E-state index contributed by atoms with van der Waals surface area (Å²) in [6, 6.07) is 9.37. The van der Waals surface area contributed by atoms with Gasteiger partial charge in [-0.3, -0.25) is 0 Å². The van der Waals surface area contributed by atoms with E-state index >= 15 is 0 Å². The van der Waals surface area contributed by atoms with Crippen molar-refractivity contribution in [3.63, 3.8) is 0 Å². The van der Waals surface area contributed by atoms with Crippen LogP contribution in [0.2, 0.25) is 0 Å². The van der Waals surface area contributed by atoms with E-state index in [1.54, 1.807) is 6.07 Å². The number of rotatable bonds is 5. The highest BCUT2D eigenvalue weighted by Gasteiger charge is 2.14. The number of methoxy groups -OCH3 is 1. The molecule has 0 aliphatic carbocycles. The maximum absolute atomic E-state index is 13.6. The first kappa shape index (κ1) is 16.6. The van der Waals surface area contributed by atoms with Gasteiger partial charge in [0.2, 0.25) is 5.82 Å². The highest BCUT2D eigenvalue weighted by molar-refractivity contribution is 5.89. The standard InChI is InChI=1S/C17H12F2N2O4/c1-23-14-6-5-11(8-13(14)19)17(22)24-9-15-20-16(21-25-15)10-3-2-4-12(18)7-10/h2-8H,9H2,1H3. The summed E-state index contributed by atoms with van der Waals surface area (Å²) in [4.78, 5) is 15.9. The lowest BCUT2D eigenvalue weighted by molar-refractivity contribution is 0.0429. The van der Waals surface area contributed by atoms with Crippen LogP contribution >= 0.6 is 0 Å². The van der Waals surface area contributed by atoms with E-state index in [0.29, 0.717) is 5.56 Å². The molecule has 0 radical (unpaired) electrons. The van der Waals surface area contributed by atoms with E-state index < -0.39 is 17.6 Å². The lowest BCUT2D eigenvalue weighted by Crippen LogP contribution is -2.06. The van der Waals surface area contributed by atoms with Gasteiger partial charge in [-0.15, -0.1) is 0 Å². The van der Waals surface area contributed by atoms with Gasteiger partial charge in [0.15, 0.2) is 18.2 Å². The Morgan fingerprint density at radius 3 is 2.76 bits per heavy atom. The second-order valence-corrected chi connectivity index (χ2v) is 4.95. The van der Waals surface area contributed by atoms with Crippen LogP contribution in [-0.2, 0) is 11.3 Å². The molecule has 0 aliphatic rings. The van der Waals surface area contributed by atoms with Crippen LogP contribution in [0.1, 0.15) is 16.2 Å². The minimum atomic E-state index is -0.757. The number of carbonyl (C=O) groups is 1. The normalized spacial score (nSPS) is 10.5. The van der Waals surface area contributed by atoms with Crippen molar-refractivity contribution in [1.82, 2.24) is 10.1 Å². The molecule has 0 bridgehead atoms. The second kappa shape index (κ2) is 7.08. The van der Waals surface area contributed by atoms with Crippen molar-refractivity contribution in [2.75, 3.05) is 7.11 Å². The van der Waals surface area contributed by atoms with E-state index in [2.05, 4.69) is 10.1 Å². The van der Waals surface area contributed by atoms with E-state index in [0.717, 1.165) is 6.07 Å². The lowest BCUT2D eigenvalue weighted by atomic mass is 10.2. The summed E-state index contributed by atoms with van der Waals surface area (Å²) in [5, 5.41) is 3.69. The number of benzene rings is 2. The van der Waals surface area contributed by atoms with Crippen molar-refractivity contribution < 1.29 is 27.6 Å². The summed E-state index contributed by atoms with van der Waals surface area (Å²) in [5.41, 5.74) is 0.446. The predicted molar refractivity (Wildman–Crippen MR) is 81.8 cm³/mol. The average Bonchev–Trinajstić information content (AvgIpc) is 3.08. The molecule has 0 aliphatic heterocycles. The summed E-state index contributed by atoms with van der Waals surface area (Å²) >= 11 is 0. The van der Waals surface area contributed by atoms with E-state index in [1.807, 2.05) is 0 Å². The van der Waals surface area contributed by atoms with Crippen LogP contribution in [0.25, 0.3) is 11.4 Å². The Morgan fingerprint density at radius 2 is 2.04 bits per heavy atom. The van der Waals surface area contributed by atoms with Gasteiger partial charge >= 0.3 is 5.97 Å².